The summed E-state index contributed by atoms with van der Waals surface area (Å²) in [7, 11) is 0. The van der Waals surface area contributed by atoms with Gasteiger partial charge in [-0.3, -0.25) is 4.79 Å². The topological polar surface area (TPSA) is 66.0 Å². The van der Waals surface area contributed by atoms with Crippen molar-refractivity contribution in [3.63, 3.8) is 0 Å². The Morgan fingerprint density at radius 2 is 2.04 bits per heavy atom. The van der Waals surface area contributed by atoms with Gasteiger partial charge in [0.05, 0.1) is 6.61 Å². The molecule has 0 bridgehead atoms. The van der Waals surface area contributed by atoms with Crippen LogP contribution >= 0.6 is 0 Å². The highest BCUT2D eigenvalue weighted by Gasteiger charge is 2.42. The molecular formula is C19H23NO5. The fourth-order valence-electron chi connectivity index (χ4n) is 3.53. The van der Waals surface area contributed by atoms with Crippen LogP contribution in [0.1, 0.15) is 37.7 Å². The van der Waals surface area contributed by atoms with Crippen molar-refractivity contribution in [3.8, 4) is 11.5 Å². The number of nitrogens with one attached hydrogen (secondary N) is 1. The van der Waals surface area contributed by atoms with Gasteiger partial charge >= 0.3 is 0 Å². The molecule has 1 spiro atoms. The van der Waals surface area contributed by atoms with Gasteiger partial charge in [0.25, 0.3) is 0 Å². The van der Waals surface area contributed by atoms with Crippen LogP contribution in [0, 0.1) is 0 Å². The van der Waals surface area contributed by atoms with E-state index in [0.29, 0.717) is 18.9 Å². The number of ether oxygens (including phenoxy) is 4. The van der Waals surface area contributed by atoms with Gasteiger partial charge in [-0.1, -0.05) is 12.5 Å². The molecule has 3 aliphatic rings. The fraction of sp³-hybridized carbons (Fsp3) is 0.526. The third-order valence-electron chi connectivity index (χ3n) is 4.86. The summed E-state index contributed by atoms with van der Waals surface area (Å²) in [5, 5.41) is 2.88. The number of hydrogen-bond acceptors (Lipinski definition) is 5. The number of carbonyl (C=O) groups excluding carboxylic acids is 1. The summed E-state index contributed by atoms with van der Waals surface area (Å²) in [5.74, 6) is 0.898. The minimum Gasteiger partial charge on any atom is -0.454 e. The molecule has 1 amide bonds. The molecule has 1 saturated heterocycles. The molecule has 1 aromatic carbocycles. The first-order valence-corrected chi connectivity index (χ1v) is 8.90. The zero-order valence-corrected chi connectivity index (χ0v) is 14.2. The van der Waals surface area contributed by atoms with Gasteiger partial charge in [0.2, 0.25) is 12.7 Å². The molecule has 1 aliphatic carbocycles. The first kappa shape index (κ1) is 16.4. The molecule has 1 N–H and O–H groups in total. The van der Waals surface area contributed by atoms with Crippen LogP contribution in [0.25, 0.3) is 6.08 Å². The van der Waals surface area contributed by atoms with Gasteiger partial charge in [-0.25, -0.2) is 0 Å². The van der Waals surface area contributed by atoms with E-state index in [9.17, 15) is 4.79 Å². The smallest absolute Gasteiger partial charge is 0.244 e. The van der Waals surface area contributed by atoms with Crippen molar-refractivity contribution in [2.45, 2.75) is 44.0 Å². The Labute approximate surface area is 147 Å². The summed E-state index contributed by atoms with van der Waals surface area (Å²) in [6, 6.07) is 5.58. The molecule has 6 nitrogen and oxygen atoms in total. The Morgan fingerprint density at radius 1 is 1.20 bits per heavy atom. The van der Waals surface area contributed by atoms with Gasteiger partial charge in [0.1, 0.15) is 6.10 Å². The minimum absolute atomic E-state index is 0.0685. The second-order valence-electron chi connectivity index (χ2n) is 6.71. The Kier molecular flexibility index (Phi) is 4.63. The Balaban J connectivity index is 1.25. The largest absolute Gasteiger partial charge is 0.454 e. The Morgan fingerprint density at radius 3 is 2.92 bits per heavy atom. The van der Waals surface area contributed by atoms with Crippen molar-refractivity contribution in [2.75, 3.05) is 19.9 Å². The maximum absolute atomic E-state index is 12.0. The molecule has 25 heavy (non-hydrogen) atoms. The SMILES string of the molecule is O=C(/C=C/c1ccc2c(c1)OCO2)NC[C@H]1COC2(CCCCC2)O1. The van der Waals surface area contributed by atoms with Crippen molar-refractivity contribution >= 4 is 12.0 Å². The average Bonchev–Trinajstić information content (AvgIpc) is 3.25. The molecule has 1 atom stereocenters. The molecule has 134 valence electrons. The zero-order chi connectivity index (χ0) is 17.1. The number of hydrogen-bond donors (Lipinski definition) is 1. The van der Waals surface area contributed by atoms with E-state index in [4.69, 9.17) is 18.9 Å². The monoisotopic (exact) mass is 345 g/mol. The van der Waals surface area contributed by atoms with Crippen LogP contribution in [-0.4, -0.2) is 37.7 Å². The third kappa shape index (κ3) is 3.80. The molecule has 2 aliphatic heterocycles. The van der Waals surface area contributed by atoms with E-state index < -0.39 is 5.79 Å². The highest BCUT2D eigenvalue weighted by Crippen LogP contribution is 2.37. The van der Waals surface area contributed by atoms with E-state index >= 15 is 0 Å². The van der Waals surface area contributed by atoms with Gasteiger partial charge in [0, 0.05) is 25.5 Å². The quantitative estimate of drug-likeness (QED) is 0.850. The lowest BCUT2D eigenvalue weighted by atomic mass is 9.94. The van der Waals surface area contributed by atoms with E-state index in [-0.39, 0.29) is 18.8 Å². The van der Waals surface area contributed by atoms with Crippen LogP contribution in [0.5, 0.6) is 11.5 Å². The number of rotatable bonds is 4. The molecule has 6 heteroatoms. The van der Waals surface area contributed by atoms with Crippen LogP contribution in [0.2, 0.25) is 0 Å². The third-order valence-corrected chi connectivity index (χ3v) is 4.86. The predicted octanol–water partition coefficient (Wildman–Crippen LogP) is 2.62. The summed E-state index contributed by atoms with van der Waals surface area (Å²) in [5.41, 5.74) is 0.890. The predicted molar refractivity (Wildman–Crippen MR) is 91.2 cm³/mol. The maximum Gasteiger partial charge on any atom is 0.244 e. The summed E-state index contributed by atoms with van der Waals surface area (Å²) in [6.45, 7) is 1.26. The van der Waals surface area contributed by atoms with Crippen molar-refractivity contribution in [3.05, 3.63) is 29.8 Å². The van der Waals surface area contributed by atoms with E-state index in [0.717, 1.165) is 37.0 Å². The molecule has 2 fully saturated rings. The fourth-order valence-corrected chi connectivity index (χ4v) is 3.53. The van der Waals surface area contributed by atoms with Gasteiger partial charge in [-0.05, 0) is 36.6 Å². The van der Waals surface area contributed by atoms with Crippen molar-refractivity contribution in [1.29, 1.82) is 0 Å². The first-order valence-electron chi connectivity index (χ1n) is 8.90. The molecule has 0 aromatic heterocycles. The Hall–Kier alpha value is -2.05. The maximum atomic E-state index is 12.0. The van der Waals surface area contributed by atoms with Crippen molar-refractivity contribution in [1.82, 2.24) is 5.32 Å². The van der Waals surface area contributed by atoms with Crippen LogP contribution < -0.4 is 14.8 Å². The lowest BCUT2D eigenvalue weighted by Gasteiger charge is -2.31. The molecular weight excluding hydrogens is 322 g/mol. The Bertz CT molecular complexity index is 666. The summed E-state index contributed by atoms with van der Waals surface area (Å²) < 4.78 is 22.5. The van der Waals surface area contributed by atoms with Gasteiger partial charge in [-0.2, -0.15) is 0 Å². The zero-order valence-electron chi connectivity index (χ0n) is 14.2. The molecule has 2 heterocycles. The lowest BCUT2D eigenvalue weighted by molar-refractivity contribution is -0.186. The van der Waals surface area contributed by atoms with E-state index in [1.807, 2.05) is 18.2 Å². The summed E-state index contributed by atoms with van der Waals surface area (Å²) >= 11 is 0. The minimum atomic E-state index is -0.393. The number of amides is 1. The van der Waals surface area contributed by atoms with E-state index in [1.54, 1.807) is 6.08 Å². The summed E-state index contributed by atoms with van der Waals surface area (Å²) in [6.07, 6.45) is 8.68. The van der Waals surface area contributed by atoms with Gasteiger partial charge in [-0.15, -0.1) is 0 Å². The second-order valence-corrected chi connectivity index (χ2v) is 6.71. The van der Waals surface area contributed by atoms with Gasteiger partial charge in [0.15, 0.2) is 17.3 Å². The van der Waals surface area contributed by atoms with Crippen molar-refractivity contribution in [2.24, 2.45) is 0 Å². The van der Waals surface area contributed by atoms with Crippen molar-refractivity contribution < 1.29 is 23.7 Å². The molecule has 0 unspecified atom stereocenters. The summed E-state index contributed by atoms with van der Waals surface area (Å²) in [4.78, 5) is 12.0. The number of benzene rings is 1. The van der Waals surface area contributed by atoms with Crippen LogP contribution in [0.15, 0.2) is 24.3 Å². The van der Waals surface area contributed by atoms with Crippen LogP contribution in [0.3, 0.4) is 0 Å². The lowest BCUT2D eigenvalue weighted by Crippen LogP contribution is -2.36. The highest BCUT2D eigenvalue weighted by atomic mass is 16.7. The molecule has 1 aromatic rings. The standard InChI is InChI=1S/C19H23NO5/c21-18(7-5-14-4-6-16-17(10-14)23-13-22-16)20-11-15-12-24-19(25-15)8-2-1-3-9-19/h4-7,10,15H,1-3,8-9,11-13H2,(H,20,21)/b7-5+/t15-/m0/s1. The molecule has 4 rings (SSSR count). The van der Waals surface area contributed by atoms with E-state index in [1.165, 1.54) is 12.5 Å². The number of carbonyl (C=O) groups is 1. The van der Waals surface area contributed by atoms with Gasteiger partial charge < -0.3 is 24.3 Å². The van der Waals surface area contributed by atoms with Crippen LogP contribution in [0.4, 0.5) is 0 Å². The molecule has 1 saturated carbocycles. The normalized spacial score (nSPS) is 24.1. The van der Waals surface area contributed by atoms with Crippen LogP contribution in [-0.2, 0) is 14.3 Å². The first-order chi connectivity index (χ1) is 12.2. The highest BCUT2D eigenvalue weighted by molar-refractivity contribution is 5.91. The average molecular weight is 345 g/mol. The second kappa shape index (κ2) is 7.06. The molecule has 0 radical (unpaired) electrons. The number of fused-ring (bicyclic) bond motifs is 1. The van der Waals surface area contributed by atoms with E-state index in [2.05, 4.69) is 5.32 Å².